The average Bonchev–Trinajstić information content (AvgIpc) is 3.37. The number of hydrogen-bond donors (Lipinski definition) is 2. The summed E-state index contributed by atoms with van der Waals surface area (Å²) in [4.78, 5) is 14.3. The normalized spacial score (nSPS) is 22.6. The molecule has 3 aliphatic rings. The molecule has 2 aliphatic heterocycles. The molecule has 37 heavy (non-hydrogen) atoms. The zero-order valence-corrected chi connectivity index (χ0v) is 23.7. The number of thioether (sulfide) groups is 2. The minimum atomic E-state index is -4.04. The molecule has 0 saturated heterocycles. The van der Waals surface area contributed by atoms with Crippen molar-refractivity contribution in [3.05, 3.63) is 81.0 Å². The molecule has 10 heteroatoms. The summed E-state index contributed by atoms with van der Waals surface area (Å²) >= 11 is 3.48. The van der Waals surface area contributed by atoms with Crippen molar-refractivity contribution in [2.75, 3.05) is 24.3 Å². The highest BCUT2D eigenvalue weighted by Crippen LogP contribution is 2.49. The van der Waals surface area contributed by atoms with Crippen LogP contribution in [0.15, 0.2) is 80.3 Å². The third kappa shape index (κ3) is 6.93. The second kappa shape index (κ2) is 12.3. The summed E-state index contributed by atoms with van der Waals surface area (Å²) in [5.41, 5.74) is 4.44. The summed E-state index contributed by atoms with van der Waals surface area (Å²) in [5, 5.41) is 11.3. The van der Waals surface area contributed by atoms with Gasteiger partial charge in [-0.25, -0.2) is 9.78 Å². The number of aliphatic hydroxyl groups excluding tert-OH is 1. The van der Waals surface area contributed by atoms with E-state index in [0.717, 1.165) is 34.0 Å². The van der Waals surface area contributed by atoms with Crippen LogP contribution in [0, 0.1) is 5.92 Å². The van der Waals surface area contributed by atoms with Crippen LogP contribution in [-0.2, 0) is 26.5 Å². The van der Waals surface area contributed by atoms with Crippen LogP contribution in [0.2, 0.25) is 0 Å². The lowest BCUT2D eigenvalue weighted by Gasteiger charge is -2.21. The largest absolute Gasteiger partial charge is 0.508 e. The van der Waals surface area contributed by atoms with E-state index in [0.29, 0.717) is 30.6 Å². The maximum Gasteiger partial charge on any atom is 0.264 e. The number of aliphatic hydroxyl groups is 1. The van der Waals surface area contributed by atoms with E-state index in [2.05, 4.69) is 37.0 Å². The Hall–Kier alpha value is -1.95. The van der Waals surface area contributed by atoms with Crippen LogP contribution in [0.1, 0.15) is 38.7 Å². The van der Waals surface area contributed by atoms with Crippen LogP contribution >= 0.6 is 23.5 Å². The van der Waals surface area contributed by atoms with Crippen LogP contribution in [0.5, 0.6) is 0 Å². The lowest BCUT2D eigenvalue weighted by molar-refractivity contribution is -0.282. The van der Waals surface area contributed by atoms with Gasteiger partial charge in [-0.15, -0.1) is 11.8 Å². The number of hydrogen-bond acceptors (Lipinski definition) is 8. The molecule has 2 heterocycles. The van der Waals surface area contributed by atoms with Crippen LogP contribution < -0.4 is 4.90 Å². The zero-order valence-electron chi connectivity index (χ0n) is 21.2. The first-order chi connectivity index (χ1) is 17.7. The molecule has 4 rings (SSSR count). The first-order valence-electron chi connectivity index (χ1n) is 12.3. The standard InChI is InChI=1S/C27H33NO6S3/c1-4-18(14-26-21(5-2)22-16-20(29)8-10-24(22)35-26)15-27-28(11-6-12-37(30,31)32)23-13-19(17-34-33-3)7-9-25(23)36-27/h7-10,13-16,22,24,29H,4-6,11-12,17H2,1-3H3,(H,30,31,32)/b18-14+,27-15-. The summed E-state index contributed by atoms with van der Waals surface area (Å²) < 4.78 is 32.0. The summed E-state index contributed by atoms with van der Waals surface area (Å²) in [6.45, 7) is 5.04. The van der Waals surface area contributed by atoms with E-state index in [1.54, 1.807) is 17.8 Å². The molecule has 1 aromatic carbocycles. The fraction of sp³-hybridized carbons (Fsp3) is 0.407. The van der Waals surface area contributed by atoms with Gasteiger partial charge in [0, 0.05) is 27.5 Å². The molecular weight excluding hydrogens is 530 g/mol. The first-order valence-corrected chi connectivity index (χ1v) is 15.6. The number of fused-ring (bicyclic) bond motifs is 2. The third-order valence-corrected chi connectivity index (χ3v) is 9.75. The van der Waals surface area contributed by atoms with Crippen molar-refractivity contribution in [1.29, 1.82) is 0 Å². The molecule has 0 spiro atoms. The van der Waals surface area contributed by atoms with Gasteiger partial charge in [0.25, 0.3) is 10.1 Å². The third-order valence-electron chi connectivity index (χ3n) is 6.48. The van der Waals surface area contributed by atoms with Gasteiger partial charge in [-0.05, 0) is 72.4 Å². The van der Waals surface area contributed by atoms with Gasteiger partial charge in [0.2, 0.25) is 0 Å². The SMILES string of the molecule is CCC1=C(/C=C(/C=C2\Sc3ccc(COOC)cc3N2CCCS(=O)(=O)O)CC)SC2C=CC(O)=CC12. The molecule has 0 bridgehead atoms. The Morgan fingerprint density at radius 3 is 2.78 bits per heavy atom. The Balaban J connectivity index is 1.65. The zero-order chi connectivity index (χ0) is 26.6. The Morgan fingerprint density at radius 2 is 2.08 bits per heavy atom. The number of nitrogens with zero attached hydrogens (tertiary/aromatic N) is 1. The van der Waals surface area contributed by atoms with Gasteiger partial charge in [0.05, 0.1) is 23.6 Å². The van der Waals surface area contributed by atoms with Crippen molar-refractivity contribution < 1.29 is 27.9 Å². The van der Waals surface area contributed by atoms with Gasteiger partial charge in [0.1, 0.15) is 12.4 Å². The smallest absolute Gasteiger partial charge is 0.264 e. The number of benzene rings is 1. The fourth-order valence-corrected chi connectivity index (χ4v) is 7.79. The van der Waals surface area contributed by atoms with Crippen molar-refractivity contribution in [3.63, 3.8) is 0 Å². The summed E-state index contributed by atoms with van der Waals surface area (Å²) in [5.74, 6) is 0.248. The maximum atomic E-state index is 11.4. The van der Waals surface area contributed by atoms with Crippen LogP contribution in [0.3, 0.4) is 0 Å². The molecule has 0 fully saturated rings. The van der Waals surface area contributed by atoms with Crippen molar-refractivity contribution in [3.8, 4) is 0 Å². The monoisotopic (exact) mass is 563 g/mol. The molecule has 0 saturated carbocycles. The van der Waals surface area contributed by atoms with Gasteiger partial charge in [0.15, 0.2) is 0 Å². The molecule has 1 aromatic rings. The number of rotatable bonds is 11. The van der Waals surface area contributed by atoms with Gasteiger partial charge >= 0.3 is 0 Å². The summed E-state index contributed by atoms with van der Waals surface area (Å²) in [6.07, 6.45) is 12.3. The van der Waals surface area contributed by atoms with E-state index < -0.39 is 10.1 Å². The highest BCUT2D eigenvalue weighted by Gasteiger charge is 2.33. The lowest BCUT2D eigenvalue weighted by atomic mass is 9.89. The van der Waals surface area contributed by atoms with Crippen LogP contribution in [0.4, 0.5) is 5.69 Å². The Bertz CT molecular complexity index is 1280. The molecule has 7 nitrogen and oxygen atoms in total. The maximum absolute atomic E-state index is 11.4. The van der Waals surface area contributed by atoms with E-state index >= 15 is 0 Å². The molecule has 2 unspecified atom stereocenters. The van der Waals surface area contributed by atoms with E-state index in [9.17, 15) is 18.1 Å². The molecule has 0 aromatic heterocycles. The minimum Gasteiger partial charge on any atom is -0.508 e. The molecule has 1 aliphatic carbocycles. The lowest BCUT2D eigenvalue weighted by Crippen LogP contribution is -2.22. The molecule has 200 valence electrons. The Kier molecular flexibility index (Phi) is 9.31. The fourth-order valence-electron chi connectivity index (χ4n) is 4.66. The van der Waals surface area contributed by atoms with Gasteiger partial charge in [-0.3, -0.25) is 4.55 Å². The quantitative estimate of drug-likeness (QED) is 0.177. The second-order valence-electron chi connectivity index (χ2n) is 8.98. The van der Waals surface area contributed by atoms with Gasteiger partial charge in [-0.1, -0.05) is 37.8 Å². The van der Waals surface area contributed by atoms with Crippen molar-refractivity contribution in [2.24, 2.45) is 5.92 Å². The van der Waals surface area contributed by atoms with E-state index in [-0.39, 0.29) is 11.7 Å². The summed E-state index contributed by atoms with van der Waals surface area (Å²) in [6, 6.07) is 6.07. The molecular formula is C27H33NO6S3. The number of allylic oxidation sites excluding steroid dienone is 6. The topological polar surface area (TPSA) is 96.3 Å². The van der Waals surface area contributed by atoms with Crippen molar-refractivity contribution in [2.45, 2.75) is 49.9 Å². The number of anilines is 1. The predicted molar refractivity (Wildman–Crippen MR) is 151 cm³/mol. The predicted octanol–water partition coefficient (Wildman–Crippen LogP) is 6.54. The van der Waals surface area contributed by atoms with Gasteiger partial charge in [-0.2, -0.15) is 8.42 Å². The Labute approximate surface area is 227 Å². The van der Waals surface area contributed by atoms with Gasteiger partial charge < -0.3 is 10.0 Å². The van der Waals surface area contributed by atoms with E-state index in [1.165, 1.54) is 23.2 Å². The summed E-state index contributed by atoms with van der Waals surface area (Å²) in [7, 11) is -2.57. The Morgan fingerprint density at radius 1 is 1.27 bits per heavy atom. The molecule has 0 radical (unpaired) electrons. The molecule has 2 N–H and O–H groups in total. The highest BCUT2D eigenvalue weighted by molar-refractivity contribution is 8.04. The highest BCUT2D eigenvalue weighted by atomic mass is 32.2. The molecule has 2 atom stereocenters. The minimum absolute atomic E-state index is 0.215. The first kappa shape index (κ1) is 28.1. The molecule has 0 amide bonds. The van der Waals surface area contributed by atoms with Crippen molar-refractivity contribution in [1.82, 2.24) is 0 Å². The second-order valence-corrected chi connectivity index (χ2v) is 12.8. The van der Waals surface area contributed by atoms with Crippen molar-refractivity contribution >= 4 is 39.3 Å². The van der Waals surface area contributed by atoms with E-state index in [4.69, 9.17) is 9.78 Å². The van der Waals surface area contributed by atoms with E-state index in [1.807, 2.05) is 36.0 Å². The van der Waals surface area contributed by atoms with Crippen LogP contribution in [-0.4, -0.2) is 42.7 Å². The average molecular weight is 564 g/mol. The van der Waals surface area contributed by atoms with Crippen LogP contribution in [0.25, 0.3) is 0 Å².